The number of thiocarbonyl (C=S) groups is 1. The lowest BCUT2D eigenvalue weighted by Gasteiger charge is -2.13. The number of nitrogens with two attached hydrogens (primary N) is 1. The summed E-state index contributed by atoms with van der Waals surface area (Å²) in [6, 6.07) is 0.250. The van der Waals surface area contributed by atoms with Crippen LogP contribution in [0.1, 0.15) is 36.3 Å². The zero-order valence-electron chi connectivity index (χ0n) is 9.16. The molecule has 78 valence electrons. The molecule has 2 N–H and O–H groups in total. The van der Waals surface area contributed by atoms with Gasteiger partial charge in [0.05, 0.1) is 16.7 Å². The zero-order valence-corrected chi connectivity index (χ0v) is 9.98. The summed E-state index contributed by atoms with van der Waals surface area (Å²) in [4.78, 5) is 0.544. The van der Waals surface area contributed by atoms with E-state index in [2.05, 4.69) is 25.9 Å². The molecule has 14 heavy (non-hydrogen) atoms. The summed E-state index contributed by atoms with van der Waals surface area (Å²) in [6.45, 7) is 8.26. The van der Waals surface area contributed by atoms with Gasteiger partial charge in [-0.25, -0.2) is 0 Å². The number of rotatable bonds is 3. The topological polar surface area (TPSA) is 43.8 Å². The van der Waals surface area contributed by atoms with Gasteiger partial charge in [-0.15, -0.1) is 0 Å². The Morgan fingerprint density at radius 1 is 1.50 bits per heavy atom. The molecule has 0 spiro atoms. The van der Waals surface area contributed by atoms with Gasteiger partial charge in [0.15, 0.2) is 0 Å². The smallest absolute Gasteiger partial charge is 0.0748 e. The van der Waals surface area contributed by atoms with Crippen LogP contribution in [0.15, 0.2) is 0 Å². The third kappa shape index (κ3) is 2.12. The van der Waals surface area contributed by atoms with Crippen LogP contribution in [-0.2, 0) is 0 Å². The van der Waals surface area contributed by atoms with Crippen LogP contribution >= 0.6 is 12.2 Å². The number of aromatic nitrogens is 2. The Balaban J connectivity index is 2.95. The molecule has 0 fully saturated rings. The molecule has 0 saturated heterocycles. The molecular weight excluding hydrogens is 194 g/mol. The molecule has 1 atom stereocenters. The van der Waals surface area contributed by atoms with E-state index in [9.17, 15) is 0 Å². The van der Waals surface area contributed by atoms with Crippen molar-refractivity contribution in [3.8, 4) is 0 Å². The van der Waals surface area contributed by atoms with Crippen molar-refractivity contribution < 1.29 is 0 Å². The van der Waals surface area contributed by atoms with E-state index in [1.165, 1.54) is 11.3 Å². The maximum Gasteiger partial charge on any atom is 0.0748 e. The van der Waals surface area contributed by atoms with Crippen molar-refractivity contribution in [2.24, 2.45) is 5.73 Å². The highest BCUT2D eigenvalue weighted by Gasteiger charge is 2.13. The Kier molecular flexibility index (Phi) is 3.26. The fourth-order valence-corrected chi connectivity index (χ4v) is 1.79. The molecule has 0 aliphatic carbocycles. The SMILES string of the molecule is Cc1nn(C(C)CC(N)=S)c(C)c1C. The lowest BCUT2D eigenvalue weighted by molar-refractivity contribution is 0.492. The molecule has 1 aromatic rings. The molecule has 1 unspecified atom stereocenters. The van der Waals surface area contributed by atoms with E-state index in [-0.39, 0.29) is 6.04 Å². The standard InChI is InChI=1S/C10H17N3S/c1-6(5-10(11)14)13-9(4)7(2)8(3)12-13/h6H,5H2,1-4H3,(H2,11,14). The van der Waals surface area contributed by atoms with Gasteiger partial charge in [0.1, 0.15) is 0 Å². The third-order valence-corrected chi connectivity index (χ3v) is 2.77. The summed E-state index contributed by atoms with van der Waals surface area (Å²) in [5.41, 5.74) is 9.05. The molecule has 1 heterocycles. The Morgan fingerprint density at radius 2 is 2.07 bits per heavy atom. The molecule has 0 bridgehead atoms. The first-order valence-electron chi connectivity index (χ1n) is 4.74. The van der Waals surface area contributed by atoms with Gasteiger partial charge >= 0.3 is 0 Å². The van der Waals surface area contributed by atoms with Gasteiger partial charge in [-0.05, 0) is 33.3 Å². The van der Waals surface area contributed by atoms with Gasteiger partial charge in [0.2, 0.25) is 0 Å². The van der Waals surface area contributed by atoms with Crippen molar-refractivity contribution in [1.82, 2.24) is 9.78 Å². The zero-order chi connectivity index (χ0) is 10.9. The first-order valence-corrected chi connectivity index (χ1v) is 5.15. The first-order chi connectivity index (χ1) is 6.43. The Hall–Kier alpha value is -0.900. The van der Waals surface area contributed by atoms with E-state index in [0.29, 0.717) is 11.4 Å². The average Bonchev–Trinajstić information content (AvgIpc) is 2.32. The molecule has 1 aromatic heterocycles. The van der Waals surface area contributed by atoms with Crippen LogP contribution in [0.2, 0.25) is 0 Å². The summed E-state index contributed by atoms with van der Waals surface area (Å²) in [5, 5.41) is 4.46. The molecule has 4 heteroatoms. The van der Waals surface area contributed by atoms with E-state index in [0.717, 1.165) is 5.69 Å². The molecule has 1 rings (SSSR count). The van der Waals surface area contributed by atoms with Crippen molar-refractivity contribution in [2.75, 3.05) is 0 Å². The van der Waals surface area contributed by atoms with E-state index in [4.69, 9.17) is 18.0 Å². The molecule has 0 aliphatic heterocycles. The maximum absolute atomic E-state index is 5.52. The number of nitrogens with zero attached hydrogens (tertiary/aromatic N) is 2. The van der Waals surface area contributed by atoms with Gasteiger partial charge in [-0.3, -0.25) is 4.68 Å². The van der Waals surface area contributed by atoms with Crippen molar-refractivity contribution in [1.29, 1.82) is 0 Å². The van der Waals surface area contributed by atoms with Crippen LogP contribution in [0.4, 0.5) is 0 Å². The maximum atomic E-state index is 5.52. The van der Waals surface area contributed by atoms with Crippen molar-refractivity contribution in [3.05, 3.63) is 17.0 Å². The lowest BCUT2D eigenvalue weighted by atomic mass is 10.2. The van der Waals surface area contributed by atoms with E-state index in [1.807, 2.05) is 11.6 Å². The molecule has 0 aliphatic rings. The highest BCUT2D eigenvalue weighted by Crippen LogP contribution is 2.18. The molecule has 3 nitrogen and oxygen atoms in total. The number of hydrogen-bond donors (Lipinski definition) is 1. The van der Waals surface area contributed by atoms with Gasteiger partial charge in [-0.1, -0.05) is 12.2 Å². The van der Waals surface area contributed by atoms with Crippen LogP contribution in [0, 0.1) is 20.8 Å². The van der Waals surface area contributed by atoms with E-state index < -0.39 is 0 Å². The minimum Gasteiger partial charge on any atom is -0.393 e. The molecule has 0 aromatic carbocycles. The second-order valence-corrected chi connectivity index (χ2v) is 4.28. The van der Waals surface area contributed by atoms with Gasteiger partial charge in [0, 0.05) is 12.1 Å². The third-order valence-electron chi connectivity index (χ3n) is 2.60. The van der Waals surface area contributed by atoms with Crippen LogP contribution in [0.25, 0.3) is 0 Å². The summed E-state index contributed by atoms with van der Waals surface area (Å²) in [5.74, 6) is 0. The highest BCUT2D eigenvalue weighted by molar-refractivity contribution is 7.80. The highest BCUT2D eigenvalue weighted by atomic mass is 32.1. The van der Waals surface area contributed by atoms with E-state index in [1.54, 1.807) is 0 Å². The van der Waals surface area contributed by atoms with Gasteiger partial charge in [-0.2, -0.15) is 5.10 Å². The predicted octanol–water partition coefficient (Wildman–Crippen LogP) is 2.05. The quantitative estimate of drug-likeness (QED) is 0.778. The minimum atomic E-state index is 0.250. The molecule has 0 radical (unpaired) electrons. The van der Waals surface area contributed by atoms with Crippen molar-refractivity contribution in [3.63, 3.8) is 0 Å². The second kappa shape index (κ2) is 4.09. The number of hydrogen-bond acceptors (Lipinski definition) is 2. The average molecular weight is 211 g/mol. The minimum absolute atomic E-state index is 0.250. The fourth-order valence-electron chi connectivity index (χ4n) is 1.55. The van der Waals surface area contributed by atoms with Gasteiger partial charge in [0.25, 0.3) is 0 Å². The van der Waals surface area contributed by atoms with E-state index >= 15 is 0 Å². The first kappa shape index (κ1) is 11.2. The van der Waals surface area contributed by atoms with Crippen LogP contribution in [-0.4, -0.2) is 14.8 Å². The summed E-state index contributed by atoms with van der Waals surface area (Å²) in [6.07, 6.45) is 0.705. The predicted molar refractivity (Wildman–Crippen MR) is 62.6 cm³/mol. The lowest BCUT2D eigenvalue weighted by Crippen LogP contribution is -2.17. The van der Waals surface area contributed by atoms with Gasteiger partial charge < -0.3 is 5.73 Å². The summed E-state index contributed by atoms with van der Waals surface area (Å²) >= 11 is 4.89. The largest absolute Gasteiger partial charge is 0.393 e. The molecule has 0 saturated carbocycles. The van der Waals surface area contributed by atoms with Crippen molar-refractivity contribution in [2.45, 2.75) is 40.2 Å². The van der Waals surface area contributed by atoms with Crippen molar-refractivity contribution >= 4 is 17.2 Å². The monoisotopic (exact) mass is 211 g/mol. The normalized spacial score (nSPS) is 12.9. The second-order valence-electron chi connectivity index (χ2n) is 3.76. The summed E-state index contributed by atoms with van der Waals surface area (Å²) < 4.78 is 2.00. The number of aryl methyl sites for hydroxylation is 1. The van der Waals surface area contributed by atoms with Crippen LogP contribution < -0.4 is 5.73 Å². The van der Waals surface area contributed by atoms with Crippen LogP contribution in [0.3, 0.4) is 0 Å². The molecular formula is C10H17N3S. The van der Waals surface area contributed by atoms with Crippen LogP contribution in [0.5, 0.6) is 0 Å². The summed E-state index contributed by atoms with van der Waals surface area (Å²) in [7, 11) is 0. The molecule has 0 amide bonds. The Labute approximate surface area is 90.3 Å². The fraction of sp³-hybridized carbons (Fsp3) is 0.600. The Bertz CT molecular complexity index is 354. The Morgan fingerprint density at radius 3 is 2.43 bits per heavy atom.